The third-order valence-corrected chi connectivity index (χ3v) is 7.34. The van der Waals surface area contributed by atoms with Crippen LogP contribution in [0, 0.1) is 6.92 Å². The lowest BCUT2D eigenvalue weighted by atomic mass is 10.2. The SMILES string of the molecule is COc1ccc(C)cc1NC(=O)Nc1ccc2nc(Nc3ncnc4cc(OCCCN(C)C)c(OC)cc34)sc2c1. The molecule has 0 spiro atoms. The minimum atomic E-state index is -0.372. The largest absolute Gasteiger partial charge is 0.495 e. The van der Waals surface area contributed by atoms with Crippen molar-refractivity contribution < 1.29 is 19.0 Å². The first kappa shape index (κ1) is 28.8. The highest BCUT2D eigenvalue weighted by molar-refractivity contribution is 7.22. The minimum Gasteiger partial charge on any atom is -0.495 e. The number of hydrogen-bond donors (Lipinski definition) is 3. The number of nitrogens with one attached hydrogen (secondary N) is 3. The quantitative estimate of drug-likeness (QED) is 0.153. The lowest BCUT2D eigenvalue weighted by molar-refractivity contribution is 0.262. The maximum atomic E-state index is 12.7. The van der Waals surface area contributed by atoms with Crippen molar-refractivity contribution in [1.82, 2.24) is 19.9 Å². The number of anilines is 4. The van der Waals surface area contributed by atoms with E-state index in [0.717, 1.165) is 39.6 Å². The predicted molar refractivity (Wildman–Crippen MR) is 168 cm³/mol. The van der Waals surface area contributed by atoms with Gasteiger partial charge in [-0.3, -0.25) is 0 Å². The monoisotopic (exact) mass is 587 g/mol. The van der Waals surface area contributed by atoms with Crippen molar-refractivity contribution >= 4 is 60.8 Å². The molecule has 0 unspecified atom stereocenters. The van der Waals surface area contributed by atoms with Crippen LogP contribution in [0.4, 0.5) is 27.1 Å². The molecule has 3 aromatic carbocycles. The molecule has 3 N–H and O–H groups in total. The van der Waals surface area contributed by atoms with Crippen LogP contribution in [0.2, 0.25) is 0 Å². The molecule has 5 rings (SSSR count). The van der Waals surface area contributed by atoms with Crippen LogP contribution in [-0.2, 0) is 0 Å². The number of benzene rings is 3. The Kier molecular flexibility index (Phi) is 8.84. The molecule has 12 heteroatoms. The molecule has 0 saturated carbocycles. The number of urea groups is 1. The Morgan fingerprint density at radius 2 is 1.76 bits per heavy atom. The van der Waals surface area contributed by atoms with Gasteiger partial charge in [0.05, 0.1) is 42.2 Å². The second-order valence-electron chi connectivity index (χ2n) is 9.86. The summed E-state index contributed by atoms with van der Waals surface area (Å²) in [6.07, 6.45) is 2.40. The molecular formula is C30H33N7O4S. The van der Waals surface area contributed by atoms with Crippen molar-refractivity contribution in [3.05, 3.63) is 60.4 Å². The van der Waals surface area contributed by atoms with Gasteiger partial charge in [-0.15, -0.1) is 0 Å². The van der Waals surface area contributed by atoms with Crippen molar-refractivity contribution in [3.63, 3.8) is 0 Å². The van der Waals surface area contributed by atoms with Crippen molar-refractivity contribution in [2.24, 2.45) is 0 Å². The number of aromatic nitrogens is 3. The number of aryl methyl sites for hydroxylation is 1. The summed E-state index contributed by atoms with van der Waals surface area (Å²) in [7, 11) is 7.25. The van der Waals surface area contributed by atoms with Crippen molar-refractivity contribution in [3.8, 4) is 17.2 Å². The van der Waals surface area contributed by atoms with E-state index in [2.05, 4.69) is 30.8 Å². The fraction of sp³-hybridized carbons (Fsp3) is 0.267. The molecule has 42 heavy (non-hydrogen) atoms. The summed E-state index contributed by atoms with van der Waals surface area (Å²) in [4.78, 5) is 28.4. The van der Waals surface area contributed by atoms with Crippen LogP contribution in [0.25, 0.3) is 21.1 Å². The van der Waals surface area contributed by atoms with Gasteiger partial charge in [0.15, 0.2) is 16.6 Å². The number of nitrogens with zero attached hydrogens (tertiary/aromatic N) is 4. The molecule has 2 amide bonds. The van der Waals surface area contributed by atoms with Crippen LogP contribution in [0.3, 0.4) is 0 Å². The van der Waals surface area contributed by atoms with Gasteiger partial charge in [-0.2, -0.15) is 0 Å². The number of carbonyl (C=O) groups excluding carboxylic acids is 1. The van der Waals surface area contributed by atoms with Crippen LogP contribution < -0.4 is 30.2 Å². The third kappa shape index (κ3) is 6.78. The van der Waals surface area contributed by atoms with Crippen molar-refractivity contribution in [2.75, 3.05) is 57.4 Å². The number of thiazole rings is 1. The van der Waals surface area contributed by atoms with E-state index in [1.165, 1.54) is 17.7 Å². The summed E-state index contributed by atoms with van der Waals surface area (Å²) in [6, 6.07) is 14.5. The van der Waals surface area contributed by atoms with Gasteiger partial charge in [-0.05, 0) is 69.4 Å². The normalized spacial score (nSPS) is 11.1. The summed E-state index contributed by atoms with van der Waals surface area (Å²) in [5.41, 5.74) is 3.75. The summed E-state index contributed by atoms with van der Waals surface area (Å²) in [5, 5.41) is 10.5. The maximum Gasteiger partial charge on any atom is 0.323 e. The highest BCUT2D eigenvalue weighted by Crippen LogP contribution is 2.36. The number of fused-ring (bicyclic) bond motifs is 2. The highest BCUT2D eigenvalue weighted by Gasteiger charge is 2.14. The van der Waals surface area contributed by atoms with Crippen molar-refractivity contribution in [2.45, 2.75) is 13.3 Å². The average Bonchev–Trinajstić information content (AvgIpc) is 3.36. The van der Waals surface area contributed by atoms with Gasteiger partial charge in [0, 0.05) is 23.7 Å². The zero-order valence-electron chi connectivity index (χ0n) is 24.1. The maximum absolute atomic E-state index is 12.7. The number of carbonyl (C=O) groups is 1. The summed E-state index contributed by atoms with van der Waals surface area (Å²) in [6.45, 7) is 3.45. The Bertz CT molecular complexity index is 1720. The van der Waals surface area contributed by atoms with E-state index in [4.69, 9.17) is 19.2 Å². The number of rotatable bonds is 11. The molecule has 2 aromatic heterocycles. The van der Waals surface area contributed by atoms with E-state index in [-0.39, 0.29) is 6.03 Å². The average molecular weight is 588 g/mol. The second kappa shape index (κ2) is 12.9. The molecule has 0 aliphatic heterocycles. The van der Waals surface area contributed by atoms with Gasteiger partial charge in [0.2, 0.25) is 0 Å². The van der Waals surface area contributed by atoms with Gasteiger partial charge in [0.1, 0.15) is 17.9 Å². The second-order valence-corrected chi connectivity index (χ2v) is 10.9. The van der Waals surface area contributed by atoms with E-state index >= 15 is 0 Å². The van der Waals surface area contributed by atoms with E-state index in [0.29, 0.717) is 46.2 Å². The lowest BCUT2D eigenvalue weighted by Gasteiger charge is -2.14. The van der Waals surface area contributed by atoms with E-state index in [1.807, 2.05) is 69.6 Å². The molecule has 0 aliphatic rings. The third-order valence-electron chi connectivity index (χ3n) is 6.40. The fourth-order valence-electron chi connectivity index (χ4n) is 4.36. The van der Waals surface area contributed by atoms with Gasteiger partial charge in [-0.1, -0.05) is 17.4 Å². The lowest BCUT2D eigenvalue weighted by Crippen LogP contribution is -2.19. The molecule has 0 radical (unpaired) electrons. The molecular weight excluding hydrogens is 554 g/mol. The van der Waals surface area contributed by atoms with E-state index in [1.54, 1.807) is 14.2 Å². The van der Waals surface area contributed by atoms with Crippen molar-refractivity contribution in [1.29, 1.82) is 0 Å². The molecule has 0 atom stereocenters. The topological polar surface area (TPSA) is 123 Å². The van der Waals surface area contributed by atoms with Gasteiger partial charge >= 0.3 is 6.03 Å². The molecule has 0 fully saturated rings. The summed E-state index contributed by atoms with van der Waals surface area (Å²) >= 11 is 1.45. The van der Waals surface area contributed by atoms with Crippen LogP contribution >= 0.6 is 11.3 Å². The standard InChI is InChI=1S/C30H33N7O4S/c1-18-7-10-24(39-4)23(13-18)34-29(38)33-19-8-9-21-27(14-19)42-30(35-21)36-28-20-15-25(40-5)26(16-22(20)31-17-32-28)41-12-6-11-37(2)3/h7-10,13-17H,6,11-12H2,1-5H3,(H2,33,34,38)(H,31,32,35,36). The fourth-order valence-corrected chi connectivity index (χ4v) is 5.26. The van der Waals surface area contributed by atoms with Gasteiger partial charge < -0.3 is 35.1 Å². The molecule has 2 heterocycles. The molecule has 5 aromatic rings. The Morgan fingerprint density at radius 1 is 0.929 bits per heavy atom. The predicted octanol–water partition coefficient (Wildman–Crippen LogP) is 6.28. The molecule has 11 nitrogen and oxygen atoms in total. The number of hydrogen-bond acceptors (Lipinski definition) is 10. The van der Waals surface area contributed by atoms with Crippen LogP contribution in [0.1, 0.15) is 12.0 Å². The first-order chi connectivity index (χ1) is 20.3. The molecule has 0 aliphatic carbocycles. The minimum absolute atomic E-state index is 0.372. The van der Waals surface area contributed by atoms with Gasteiger partial charge in [-0.25, -0.2) is 19.7 Å². The Balaban J connectivity index is 1.31. The summed E-state index contributed by atoms with van der Waals surface area (Å²) < 4.78 is 17.8. The van der Waals surface area contributed by atoms with Crippen LogP contribution in [0.15, 0.2) is 54.9 Å². The zero-order valence-corrected chi connectivity index (χ0v) is 25.0. The van der Waals surface area contributed by atoms with E-state index < -0.39 is 0 Å². The molecule has 0 bridgehead atoms. The van der Waals surface area contributed by atoms with Crippen LogP contribution in [0.5, 0.6) is 17.2 Å². The zero-order chi connectivity index (χ0) is 29.6. The first-order valence-corrected chi connectivity index (χ1v) is 14.1. The number of ether oxygens (including phenoxy) is 3. The van der Waals surface area contributed by atoms with Crippen LogP contribution in [-0.4, -0.2) is 67.3 Å². The smallest absolute Gasteiger partial charge is 0.323 e. The Labute approximate surface area is 247 Å². The molecule has 218 valence electrons. The summed E-state index contributed by atoms with van der Waals surface area (Å²) in [5.74, 6) is 2.43. The Morgan fingerprint density at radius 3 is 2.55 bits per heavy atom. The molecule has 0 saturated heterocycles. The Hall–Kier alpha value is -4.68. The highest BCUT2D eigenvalue weighted by atomic mass is 32.1. The van der Waals surface area contributed by atoms with Gasteiger partial charge in [0.25, 0.3) is 0 Å². The first-order valence-electron chi connectivity index (χ1n) is 13.3. The number of amides is 2. The number of methoxy groups -OCH3 is 2. The van der Waals surface area contributed by atoms with E-state index in [9.17, 15) is 4.79 Å².